The number of carbonyl (C=O) groups excluding carboxylic acids is 3. The van der Waals surface area contributed by atoms with Gasteiger partial charge in [-0.05, 0) is 18.4 Å². The Morgan fingerprint density at radius 1 is 1.00 bits per heavy atom. The van der Waals surface area contributed by atoms with Crippen molar-refractivity contribution >= 4 is 18.0 Å². The van der Waals surface area contributed by atoms with Gasteiger partial charge in [0.05, 0.1) is 14.2 Å². The van der Waals surface area contributed by atoms with Gasteiger partial charge in [0.15, 0.2) is 0 Å². The second-order valence-corrected chi connectivity index (χ2v) is 5.10. The number of benzene rings is 1. The fraction of sp³-hybridized carbons (Fsp3) is 0.438. The molecule has 2 rings (SSSR count). The molecule has 0 radical (unpaired) electrons. The van der Waals surface area contributed by atoms with E-state index in [4.69, 9.17) is 14.2 Å². The lowest BCUT2D eigenvalue weighted by Crippen LogP contribution is -2.48. The zero-order chi connectivity index (χ0) is 16.8. The van der Waals surface area contributed by atoms with Gasteiger partial charge < -0.3 is 14.2 Å². The number of nitrogens with zero attached hydrogens (tertiary/aromatic N) is 1. The molecule has 0 bridgehead atoms. The number of carbonyl (C=O) groups is 3. The number of rotatable bonds is 4. The fourth-order valence-corrected chi connectivity index (χ4v) is 2.59. The lowest BCUT2D eigenvalue weighted by Gasteiger charge is -2.26. The van der Waals surface area contributed by atoms with Crippen molar-refractivity contribution in [3.8, 4) is 0 Å². The quantitative estimate of drug-likeness (QED) is 0.617. The van der Waals surface area contributed by atoms with Crippen LogP contribution >= 0.6 is 0 Å². The predicted molar refractivity (Wildman–Crippen MR) is 79.3 cm³/mol. The number of ether oxygens (including phenoxy) is 3. The zero-order valence-electron chi connectivity index (χ0n) is 13.1. The molecule has 124 valence electrons. The van der Waals surface area contributed by atoms with Crippen LogP contribution in [0.15, 0.2) is 30.3 Å². The summed E-state index contributed by atoms with van der Waals surface area (Å²) in [5.74, 6) is -1.15. The van der Waals surface area contributed by atoms with Crippen molar-refractivity contribution in [2.24, 2.45) is 0 Å². The van der Waals surface area contributed by atoms with Crippen LogP contribution in [-0.2, 0) is 30.4 Å². The van der Waals surface area contributed by atoms with Crippen molar-refractivity contribution in [1.82, 2.24) is 4.90 Å². The normalized spacial score (nSPS) is 20.0. The van der Waals surface area contributed by atoms with E-state index < -0.39 is 30.1 Å². The SMILES string of the molecule is COC(=O)[C@H]1CC[C@@H](C(=O)OC)N1C(=O)OCc1ccccc1. The summed E-state index contributed by atoms with van der Waals surface area (Å²) in [7, 11) is 2.47. The third-order valence-electron chi connectivity index (χ3n) is 3.75. The van der Waals surface area contributed by atoms with E-state index in [9.17, 15) is 14.4 Å². The third kappa shape index (κ3) is 3.80. The number of hydrogen-bond acceptors (Lipinski definition) is 6. The van der Waals surface area contributed by atoms with Crippen LogP contribution in [-0.4, -0.2) is 49.2 Å². The second-order valence-electron chi connectivity index (χ2n) is 5.10. The zero-order valence-corrected chi connectivity index (χ0v) is 13.1. The van der Waals surface area contributed by atoms with Gasteiger partial charge in [0, 0.05) is 0 Å². The van der Waals surface area contributed by atoms with Gasteiger partial charge in [-0.25, -0.2) is 14.4 Å². The van der Waals surface area contributed by atoms with Gasteiger partial charge in [-0.3, -0.25) is 4.90 Å². The molecule has 1 amide bonds. The molecule has 0 unspecified atom stereocenters. The van der Waals surface area contributed by atoms with E-state index in [-0.39, 0.29) is 6.61 Å². The summed E-state index contributed by atoms with van der Waals surface area (Å²) < 4.78 is 14.6. The summed E-state index contributed by atoms with van der Waals surface area (Å²) in [5.41, 5.74) is 0.810. The minimum atomic E-state index is -0.840. The van der Waals surface area contributed by atoms with E-state index >= 15 is 0 Å². The molecule has 1 heterocycles. The van der Waals surface area contributed by atoms with Gasteiger partial charge >= 0.3 is 18.0 Å². The molecule has 1 aliphatic heterocycles. The Morgan fingerprint density at radius 3 is 2.00 bits per heavy atom. The van der Waals surface area contributed by atoms with Gasteiger partial charge in [0.2, 0.25) is 0 Å². The van der Waals surface area contributed by atoms with Gasteiger partial charge in [0.25, 0.3) is 0 Å². The number of methoxy groups -OCH3 is 2. The summed E-state index contributed by atoms with van der Waals surface area (Å²) in [6, 6.07) is 7.45. The number of hydrogen-bond donors (Lipinski definition) is 0. The van der Waals surface area contributed by atoms with E-state index in [1.807, 2.05) is 30.3 Å². The average Bonchev–Trinajstić information content (AvgIpc) is 3.04. The molecular formula is C16H19NO6. The second kappa shape index (κ2) is 7.62. The van der Waals surface area contributed by atoms with Crippen LogP contribution < -0.4 is 0 Å². The topological polar surface area (TPSA) is 82.1 Å². The van der Waals surface area contributed by atoms with Crippen LogP contribution in [0.3, 0.4) is 0 Å². The summed E-state index contributed by atoms with van der Waals surface area (Å²) in [5, 5.41) is 0. The first kappa shape index (κ1) is 16.8. The van der Waals surface area contributed by atoms with Crippen molar-refractivity contribution < 1.29 is 28.6 Å². The summed E-state index contributed by atoms with van der Waals surface area (Å²) in [6.07, 6.45) is -0.0862. The van der Waals surface area contributed by atoms with Crippen LogP contribution in [0.1, 0.15) is 18.4 Å². The maximum atomic E-state index is 12.4. The Balaban J connectivity index is 2.10. The fourth-order valence-electron chi connectivity index (χ4n) is 2.59. The molecule has 1 aromatic carbocycles. The van der Waals surface area contributed by atoms with E-state index in [1.165, 1.54) is 14.2 Å². The molecule has 0 spiro atoms. The molecule has 1 aliphatic rings. The summed E-state index contributed by atoms with van der Waals surface area (Å²) in [6.45, 7) is 0.0535. The first-order valence-corrected chi connectivity index (χ1v) is 7.23. The minimum absolute atomic E-state index is 0.0535. The van der Waals surface area contributed by atoms with Crippen LogP contribution in [0, 0.1) is 0 Å². The Labute approximate surface area is 134 Å². The monoisotopic (exact) mass is 321 g/mol. The largest absolute Gasteiger partial charge is 0.467 e. The van der Waals surface area contributed by atoms with Crippen LogP contribution in [0.4, 0.5) is 4.79 Å². The molecular weight excluding hydrogens is 302 g/mol. The highest BCUT2D eigenvalue weighted by molar-refractivity contribution is 5.88. The molecule has 7 heteroatoms. The molecule has 0 saturated carbocycles. The molecule has 0 aliphatic carbocycles. The Hall–Kier alpha value is -2.57. The molecule has 7 nitrogen and oxygen atoms in total. The average molecular weight is 321 g/mol. The number of amides is 1. The van der Waals surface area contributed by atoms with Gasteiger partial charge in [-0.1, -0.05) is 30.3 Å². The van der Waals surface area contributed by atoms with Crippen LogP contribution in [0.5, 0.6) is 0 Å². The number of esters is 2. The maximum absolute atomic E-state index is 12.4. The van der Waals surface area contributed by atoms with E-state index in [2.05, 4.69) is 0 Å². The predicted octanol–water partition coefficient (Wildman–Crippen LogP) is 1.50. The standard InChI is InChI=1S/C16H19NO6/c1-21-14(18)12-8-9-13(15(19)22-2)17(12)16(20)23-10-11-6-4-3-5-7-11/h3-7,12-13H,8-10H2,1-2H3/t12-,13+. The highest BCUT2D eigenvalue weighted by atomic mass is 16.6. The Morgan fingerprint density at radius 2 is 1.52 bits per heavy atom. The first-order valence-electron chi connectivity index (χ1n) is 7.23. The molecule has 1 fully saturated rings. The van der Waals surface area contributed by atoms with Crippen LogP contribution in [0.25, 0.3) is 0 Å². The van der Waals surface area contributed by atoms with Crippen molar-refractivity contribution in [2.75, 3.05) is 14.2 Å². The van der Waals surface area contributed by atoms with Crippen molar-refractivity contribution in [1.29, 1.82) is 0 Å². The van der Waals surface area contributed by atoms with E-state index in [1.54, 1.807) is 0 Å². The molecule has 0 N–H and O–H groups in total. The lowest BCUT2D eigenvalue weighted by molar-refractivity contribution is -0.149. The summed E-state index contributed by atoms with van der Waals surface area (Å²) >= 11 is 0. The van der Waals surface area contributed by atoms with Gasteiger partial charge in [-0.2, -0.15) is 0 Å². The molecule has 23 heavy (non-hydrogen) atoms. The smallest absolute Gasteiger partial charge is 0.411 e. The molecule has 2 atom stereocenters. The van der Waals surface area contributed by atoms with Gasteiger partial charge in [-0.15, -0.1) is 0 Å². The third-order valence-corrected chi connectivity index (χ3v) is 3.75. The highest BCUT2D eigenvalue weighted by Crippen LogP contribution is 2.27. The minimum Gasteiger partial charge on any atom is -0.467 e. The van der Waals surface area contributed by atoms with E-state index in [0.717, 1.165) is 10.5 Å². The first-order chi connectivity index (χ1) is 11.1. The Bertz CT molecular complexity index is 549. The maximum Gasteiger partial charge on any atom is 0.411 e. The highest BCUT2D eigenvalue weighted by Gasteiger charge is 2.46. The van der Waals surface area contributed by atoms with Gasteiger partial charge in [0.1, 0.15) is 18.7 Å². The molecule has 0 aromatic heterocycles. The number of likely N-dealkylation sites (tertiary alicyclic amines) is 1. The van der Waals surface area contributed by atoms with E-state index in [0.29, 0.717) is 12.8 Å². The van der Waals surface area contributed by atoms with Crippen molar-refractivity contribution in [2.45, 2.75) is 31.5 Å². The molecule has 1 aromatic rings. The summed E-state index contributed by atoms with van der Waals surface area (Å²) in [4.78, 5) is 37.2. The van der Waals surface area contributed by atoms with Crippen molar-refractivity contribution in [3.63, 3.8) is 0 Å². The van der Waals surface area contributed by atoms with Crippen LogP contribution in [0.2, 0.25) is 0 Å². The lowest BCUT2D eigenvalue weighted by atomic mass is 10.2. The van der Waals surface area contributed by atoms with Crippen molar-refractivity contribution in [3.05, 3.63) is 35.9 Å². The molecule has 1 saturated heterocycles. The Kier molecular flexibility index (Phi) is 5.56.